The Morgan fingerprint density at radius 3 is 2.62 bits per heavy atom. The van der Waals surface area contributed by atoms with Gasteiger partial charge in [-0.25, -0.2) is 9.97 Å². The molecule has 1 aliphatic rings. The molecule has 1 aliphatic carbocycles. The van der Waals surface area contributed by atoms with Gasteiger partial charge in [0.25, 0.3) is 0 Å². The van der Waals surface area contributed by atoms with Gasteiger partial charge in [0.2, 0.25) is 0 Å². The van der Waals surface area contributed by atoms with Gasteiger partial charge >= 0.3 is 0 Å². The summed E-state index contributed by atoms with van der Waals surface area (Å²) < 4.78 is 0. The van der Waals surface area contributed by atoms with Crippen LogP contribution in [0.4, 0.5) is 0 Å². The molecule has 1 aromatic heterocycles. The van der Waals surface area contributed by atoms with Crippen molar-refractivity contribution in [3.8, 4) is 0 Å². The SMILES string of the molecule is CNC(C)c1cnc(C2CCCC2)nc1C. The molecule has 1 saturated carbocycles. The van der Waals surface area contributed by atoms with Gasteiger partial charge < -0.3 is 5.32 Å². The van der Waals surface area contributed by atoms with Gasteiger partial charge in [-0.15, -0.1) is 0 Å². The average molecular weight is 219 g/mol. The minimum absolute atomic E-state index is 0.331. The third-order valence-electron chi connectivity index (χ3n) is 3.66. The normalized spacial score (nSPS) is 18.9. The van der Waals surface area contributed by atoms with E-state index < -0.39 is 0 Å². The van der Waals surface area contributed by atoms with Crippen molar-refractivity contribution in [1.82, 2.24) is 15.3 Å². The third-order valence-corrected chi connectivity index (χ3v) is 3.66. The van der Waals surface area contributed by atoms with Crippen LogP contribution in [0.25, 0.3) is 0 Å². The Morgan fingerprint density at radius 1 is 1.38 bits per heavy atom. The van der Waals surface area contributed by atoms with E-state index in [1.54, 1.807) is 0 Å². The number of aryl methyl sites for hydroxylation is 1. The standard InChI is InChI=1S/C13H21N3/c1-9(14-3)12-8-15-13(16-10(12)2)11-6-4-5-7-11/h8-9,11,14H,4-7H2,1-3H3. The number of aromatic nitrogens is 2. The van der Waals surface area contributed by atoms with E-state index in [0.717, 1.165) is 11.5 Å². The highest BCUT2D eigenvalue weighted by Gasteiger charge is 2.20. The summed E-state index contributed by atoms with van der Waals surface area (Å²) in [7, 11) is 1.97. The molecule has 0 spiro atoms. The predicted molar refractivity (Wildman–Crippen MR) is 65.5 cm³/mol. The van der Waals surface area contributed by atoms with Crippen molar-refractivity contribution < 1.29 is 0 Å². The second-order valence-electron chi connectivity index (χ2n) is 4.76. The second kappa shape index (κ2) is 4.91. The molecule has 1 heterocycles. The van der Waals surface area contributed by atoms with E-state index in [0.29, 0.717) is 12.0 Å². The van der Waals surface area contributed by atoms with Crippen LogP contribution in [0.1, 0.15) is 61.6 Å². The molecular formula is C13H21N3. The van der Waals surface area contributed by atoms with E-state index in [1.807, 2.05) is 13.2 Å². The average Bonchev–Trinajstić information content (AvgIpc) is 2.81. The summed E-state index contributed by atoms with van der Waals surface area (Å²) in [5.41, 5.74) is 2.34. The fourth-order valence-electron chi connectivity index (χ4n) is 2.46. The summed E-state index contributed by atoms with van der Waals surface area (Å²) in [4.78, 5) is 9.21. The van der Waals surface area contributed by atoms with Gasteiger partial charge in [-0.2, -0.15) is 0 Å². The summed E-state index contributed by atoms with van der Waals surface area (Å²) in [6.07, 6.45) is 7.20. The highest BCUT2D eigenvalue weighted by Crippen LogP contribution is 2.32. The molecule has 1 fully saturated rings. The van der Waals surface area contributed by atoms with Crippen molar-refractivity contribution in [2.75, 3.05) is 7.05 Å². The quantitative estimate of drug-likeness (QED) is 0.849. The first-order valence-corrected chi connectivity index (χ1v) is 6.23. The Morgan fingerprint density at radius 2 is 2.06 bits per heavy atom. The predicted octanol–water partition coefficient (Wildman–Crippen LogP) is 2.72. The van der Waals surface area contributed by atoms with Crippen molar-refractivity contribution in [3.63, 3.8) is 0 Å². The molecule has 1 aromatic rings. The summed E-state index contributed by atoms with van der Waals surface area (Å²) >= 11 is 0. The molecule has 3 nitrogen and oxygen atoms in total. The number of rotatable bonds is 3. The van der Waals surface area contributed by atoms with Crippen LogP contribution >= 0.6 is 0 Å². The number of hydrogen-bond acceptors (Lipinski definition) is 3. The van der Waals surface area contributed by atoms with Gasteiger partial charge in [0, 0.05) is 29.4 Å². The molecule has 1 unspecified atom stereocenters. The molecule has 0 radical (unpaired) electrons. The summed E-state index contributed by atoms with van der Waals surface area (Å²) in [5.74, 6) is 1.67. The highest BCUT2D eigenvalue weighted by molar-refractivity contribution is 5.20. The molecule has 1 N–H and O–H groups in total. The van der Waals surface area contributed by atoms with Crippen molar-refractivity contribution in [2.45, 2.75) is 51.5 Å². The van der Waals surface area contributed by atoms with E-state index in [9.17, 15) is 0 Å². The molecule has 16 heavy (non-hydrogen) atoms. The van der Waals surface area contributed by atoms with Crippen LogP contribution in [0.15, 0.2) is 6.20 Å². The molecule has 0 saturated heterocycles. The van der Waals surface area contributed by atoms with Crippen LogP contribution < -0.4 is 5.32 Å². The van der Waals surface area contributed by atoms with Crippen molar-refractivity contribution in [3.05, 3.63) is 23.3 Å². The Bertz CT molecular complexity index is 356. The van der Waals surface area contributed by atoms with Crippen LogP contribution in [-0.4, -0.2) is 17.0 Å². The molecule has 1 atom stereocenters. The van der Waals surface area contributed by atoms with Crippen LogP contribution in [0.5, 0.6) is 0 Å². The third kappa shape index (κ3) is 2.24. The lowest BCUT2D eigenvalue weighted by atomic mass is 10.1. The lowest BCUT2D eigenvalue weighted by Gasteiger charge is -2.15. The van der Waals surface area contributed by atoms with E-state index >= 15 is 0 Å². The highest BCUT2D eigenvalue weighted by atomic mass is 14.9. The largest absolute Gasteiger partial charge is 0.313 e. The lowest BCUT2D eigenvalue weighted by molar-refractivity contribution is 0.621. The zero-order valence-corrected chi connectivity index (χ0v) is 10.5. The minimum Gasteiger partial charge on any atom is -0.313 e. The van der Waals surface area contributed by atoms with Crippen LogP contribution in [0.2, 0.25) is 0 Å². The summed E-state index contributed by atoms with van der Waals surface area (Å²) in [5, 5.41) is 3.23. The zero-order valence-electron chi connectivity index (χ0n) is 10.5. The van der Waals surface area contributed by atoms with Crippen LogP contribution in [0, 0.1) is 6.92 Å². The first-order valence-electron chi connectivity index (χ1n) is 6.23. The topological polar surface area (TPSA) is 37.8 Å². The van der Waals surface area contributed by atoms with Crippen molar-refractivity contribution in [1.29, 1.82) is 0 Å². The molecule has 0 aromatic carbocycles. The lowest BCUT2D eigenvalue weighted by Crippen LogP contribution is -2.15. The van der Waals surface area contributed by atoms with Crippen molar-refractivity contribution >= 4 is 0 Å². The Hall–Kier alpha value is -0.960. The second-order valence-corrected chi connectivity index (χ2v) is 4.76. The Balaban J connectivity index is 2.21. The zero-order chi connectivity index (χ0) is 11.5. The van der Waals surface area contributed by atoms with Crippen molar-refractivity contribution in [2.24, 2.45) is 0 Å². The smallest absolute Gasteiger partial charge is 0.131 e. The molecule has 3 heteroatoms. The number of hydrogen-bond donors (Lipinski definition) is 1. The number of nitrogens with zero attached hydrogens (tertiary/aromatic N) is 2. The molecule has 0 aliphatic heterocycles. The molecule has 2 rings (SSSR count). The monoisotopic (exact) mass is 219 g/mol. The first kappa shape index (κ1) is 11.5. The molecule has 88 valence electrons. The Kier molecular flexibility index (Phi) is 3.54. The maximum Gasteiger partial charge on any atom is 0.131 e. The Labute approximate surface area is 97.7 Å². The molecule has 0 bridgehead atoms. The van der Waals surface area contributed by atoms with Crippen LogP contribution in [-0.2, 0) is 0 Å². The van der Waals surface area contributed by atoms with E-state index in [2.05, 4.69) is 29.1 Å². The molecular weight excluding hydrogens is 198 g/mol. The fraction of sp³-hybridized carbons (Fsp3) is 0.692. The minimum atomic E-state index is 0.331. The maximum absolute atomic E-state index is 4.67. The summed E-state index contributed by atoms with van der Waals surface area (Å²) in [6.45, 7) is 4.23. The van der Waals surface area contributed by atoms with Gasteiger partial charge in [-0.3, -0.25) is 0 Å². The van der Waals surface area contributed by atoms with Crippen LogP contribution in [0.3, 0.4) is 0 Å². The van der Waals surface area contributed by atoms with Gasteiger partial charge in [-0.05, 0) is 33.7 Å². The van der Waals surface area contributed by atoms with E-state index in [-0.39, 0.29) is 0 Å². The van der Waals surface area contributed by atoms with Gasteiger partial charge in [0.15, 0.2) is 0 Å². The summed E-state index contributed by atoms with van der Waals surface area (Å²) in [6, 6.07) is 0.331. The van der Waals surface area contributed by atoms with Gasteiger partial charge in [-0.1, -0.05) is 12.8 Å². The van der Waals surface area contributed by atoms with Gasteiger partial charge in [0.1, 0.15) is 5.82 Å². The molecule has 0 amide bonds. The number of nitrogens with one attached hydrogen (secondary N) is 1. The van der Waals surface area contributed by atoms with E-state index in [1.165, 1.54) is 31.2 Å². The van der Waals surface area contributed by atoms with E-state index in [4.69, 9.17) is 0 Å². The first-order chi connectivity index (χ1) is 7.72. The van der Waals surface area contributed by atoms with Gasteiger partial charge in [0.05, 0.1) is 0 Å². The fourth-order valence-corrected chi connectivity index (χ4v) is 2.46. The maximum atomic E-state index is 4.67.